The SMILES string of the molecule is CC(C)(C)c1ccc(C(=O)Nc2n[nH]c(C(F)(F)F)c2-c2ccccc2)cc1. The third-order valence-electron chi connectivity index (χ3n) is 4.36. The Hall–Kier alpha value is -3.09. The van der Waals surface area contributed by atoms with Gasteiger partial charge in [-0.15, -0.1) is 0 Å². The summed E-state index contributed by atoms with van der Waals surface area (Å²) in [5, 5.41) is 8.21. The molecule has 0 spiro atoms. The molecule has 0 aliphatic rings. The average molecular weight is 387 g/mol. The van der Waals surface area contributed by atoms with Gasteiger partial charge in [-0.1, -0.05) is 63.2 Å². The highest BCUT2D eigenvalue weighted by molar-refractivity contribution is 6.05. The predicted molar refractivity (Wildman–Crippen MR) is 102 cm³/mol. The van der Waals surface area contributed by atoms with E-state index >= 15 is 0 Å². The van der Waals surface area contributed by atoms with E-state index in [-0.39, 0.29) is 16.8 Å². The number of halogens is 3. The molecule has 0 bridgehead atoms. The average Bonchev–Trinajstić information content (AvgIpc) is 3.06. The van der Waals surface area contributed by atoms with Crippen molar-refractivity contribution < 1.29 is 18.0 Å². The summed E-state index contributed by atoms with van der Waals surface area (Å²) in [6.45, 7) is 6.16. The fourth-order valence-electron chi connectivity index (χ4n) is 2.82. The Kier molecular flexibility index (Phi) is 5.02. The van der Waals surface area contributed by atoms with Gasteiger partial charge in [-0.3, -0.25) is 9.89 Å². The van der Waals surface area contributed by atoms with E-state index in [1.165, 1.54) is 12.1 Å². The molecule has 0 saturated heterocycles. The molecule has 28 heavy (non-hydrogen) atoms. The Morgan fingerprint density at radius 3 is 2.11 bits per heavy atom. The van der Waals surface area contributed by atoms with E-state index in [1.807, 2.05) is 17.2 Å². The molecule has 1 heterocycles. The Balaban J connectivity index is 1.94. The van der Waals surface area contributed by atoms with Crippen LogP contribution in [-0.4, -0.2) is 16.1 Å². The van der Waals surface area contributed by atoms with Crippen LogP contribution in [0.4, 0.5) is 19.0 Å². The van der Waals surface area contributed by atoms with E-state index in [9.17, 15) is 18.0 Å². The van der Waals surface area contributed by atoms with Gasteiger partial charge in [0, 0.05) is 5.56 Å². The van der Waals surface area contributed by atoms with Crippen LogP contribution in [0.15, 0.2) is 54.6 Å². The zero-order chi connectivity index (χ0) is 20.5. The van der Waals surface area contributed by atoms with Crippen molar-refractivity contribution in [1.82, 2.24) is 10.2 Å². The molecular formula is C21H20F3N3O. The van der Waals surface area contributed by atoms with Crippen LogP contribution in [0.5, 0.6) is 0 Å². The first-order valence-electron chi connectivity index (χ1n) is 8.70. The van der Waals surface area contributed by atoms with Gasteiger partial charge in [-0.05, 0) is 28.7 Å². The van der Waals surface area contributed by atoms with Crippen LogP contribution < -0.4 is 5.32 Å². The highest BCUT2D eigenvalue weighted by Gasteiger charge is 2.38. The van der Waals surface area contributed by atoms with Crippen LogP contribution in [0.25, 0.3) is 11.1 Å². The van der Waals surface area contributed by atoms with Gasteiger partial charge in [0.25, 0.3) is 5.91 Å². The Labute approximate surface area is 160 Å². The van der Waals surface area contributed by atoms with Crippen molar-refractivity contribution in [3.05, 3.63) is 71.4 Å². The lowest BCUT2D eigenvalue weighted by Gasteiger charge is -2.19. The zero-order valence-electron chi connectivity index (χ0n) is 15.7. The summed E-state index contributed by atoms with van der Waals surface area (Å²) < 4.78 is 40.1. The van der Waals surface area contributed by atoms with Crippen molar-refractivity contribution in [1.29, 1.82) is 0 Å². The topological polar surface area (TPSA) is 57.8 Å². The van der Waals surface area contributed by atoms with Gasteiger partial charge in [0.2, 0.25) is 0 Å². The summed E-state index contributed by atoms with van der Waals surface area (Å²) in [5.74, 6) is -0.693. The molecule has 1 amide bonds. The monoisotopic (exact) mass is 387 g/mol. The second-order valence-electron chi connectivity index (χ2n) is 7.47. The summed E-state index contributed by atoms with van der Waals surface area (Å²) in [6, 6.07) is 15.0. The summed E-state index contributed by atoms with van der Waals surface area (Å²) in [7, 11) is 0. The number of nitrogens with one attached hydrogen (secondary N) is 2. The number of benzene rings is 2. The van der Waals surface area contributed by atoms with Crippen molar-refractivity contribution in [3.8, 4) is 11.1 Å². The van der Waals surface area contributed by atoms with E-state index in [0.29, 0.717) is 11.1 Å². The van der Waals surface area contributed by atoms with Crippen LogP contribution in [0, 0.1) is 0 Å². The lowest BCUT2D eigenvalue weighted by atomic mass is 9.87. The van der Waals surface area contributed by atoms with Crippen molar-refractivity contribution in [3.63, 3.8) is 0 Å². The fraction of sp³-hybridized carbons (Fsp3) is 0.238. The summed E-state index contributed by atoms with van der Waals surface area (Å²) in [6.07, 6.45) is -4.63. The second-order valence-corrected chi connectivity index (χ2v) is 7.47. The summed E-state index contributed by atoms with van der Waals surface area (Å²) >= 11 is 0. The molecule has 0 unspecified atom stereocenters. The minimum atomic E-state index is -4.63. The molecule has 0 fully saturated rings. The standard InChI is InChI=1S/C21H20F3N3O/c1-20(2,3)15-11-9-14(10-12-15)19(28)25-18-16(13-7-5-4-6-8-13)17(26-27-18)21(22,23)24/h4-12H,1-3H3,(H2,25,26,27,28). The molecular weight excluding hydrogens is 367 g/mol. The largest absolute Gasteiger partial charge is 0.433 e. The first kappa shape index (κ1) is 19.7. The van der Waals surface area contributed by atoms with E-state index in [4.69, 9.17) is 0 Å². The molecule has 0 aliphatic carbocycles. The van der Waals surface area contributed by atoms with Crippen LogP contribution in [0.1, 0.15) is 42.4 Å². The minimum absolute atomic E-state index is 0.0702. The molecule has 2 aromatic carbocycles. The molecule has 2 N–H and O–H groups in total. The lowest BCUT2D eigenvalue weighted by molar-refractivity contribution is -0.140. The van der Waals surface area contributed by atoms with Crippen molar-refractivity contribution in [2.24, 2.45) is 0 Å². The summed E-state index contributed by atoms with van der Waals surface area (Å²) in [5.41, 5.74) is 0.433. The smallest absolute Gasteiger partial charge is 0.305 e. The molecule has 1 aromatic heterocycles. The number of hydrogen-bond donors (Lipinski definition) is 2. The number of alkyl halides is 3. The van der Waals surface area contributed by atoms with Gasteiger partial charge in [0.05, 0.1) is 5.56 Å². The molecule has 146 valence electrons. The fourth-order valence-corrected chi connectivity index (χ4v) is 2.82. The molecule has 0 radical (unpaired) electrons. The number of aromatic nitrogens is 2. The van der Waals surface area contributed by atoms with Crippen molar-refractivity contribution in [2.45, 2.75) is 32.4 Å². The van der Waals surface area contributed by atoms with E-state index in [1.54, 1.807) is 30.3 Å². The first-order chi connectivity index (χ1) is 13.1. The zero-order valence-corrected chi connectivity index (χ0v) is 15.7. The number of carbonyl (C=O) groups excluding carboxylic acids is 1. The maximum atomic E-state index is 13.4. The van der Waals surface area contributed by atoms with Gasteiger partial charge in [0.15, 0.2) is 5.82 Å². The van der Waals surface area contributed by atoms with Crippen LogP contribution in [0.3, 0.4) is 0 Å². The Morgan fingerprint density at radius 1 is 0.964 bits per heavy atom. The lowest BCUT2D eigenvalue weighted by Crippen LogP contribution is -2.15. The van der Waals surface area contributed by atoms with Crippen molar-refractivity contribution in [2.75, 3.05) is 5.32 Å². The maximum Gasteiger partial charge on any atom is 0.433 e. The van der Waals surface area contributed by atoms with Crippen molar-refractivity contribution >= 4 is 11.7 Å². The first-order valence-corrected chi connectivity index (χ1v) is 8.70. The van der Waals surface area contributed by atoms with Gasteiger partial charge in [-0.2, -0.15) is 18.3 Å². The molecule has 7 heteroatoms. The number of aromatic amines is 1. The van der Waals surface area contributed by atoms with E-state index < -0.39 is 17.8 Å². The van der Waals surface area contributed by atoms with E-state index in [0.717, 1.165) is 5.56 Å². The molecule has 0 saturated carbocycles. The Bertz CT molecular complexity index is 969. The van der Waals surface area contributed by atoms with Crippen LogP contribution >= 0.6 is 0 Å². The number of anilines is 1. The minimum Gasteiger partial charge on any atom is -0.305 e. The third-order valence-corrected chi connectivity index (χ3v) is 4.36. The normalized spacial score (nSPS) is 12.1. The highest BCUT2D eigenvalue weighted by atomic mass is 19.4. The van der Waals surface area contributed by atoms with E-state index in [2.05, 4.69) is 31.2 Å². The molecule has 4 nitrogen and oxygen atoms in total. The van der Waals surface area contributed by atoms with Gasteiger partial charge in [-0.25, -0.2) is 0 Å². The molecule has 3 rings (SSSR count). The number of hydrogen-bond acceptors (Lipinski definition) is 2. The van der Waals surface area contributed by atoms with Gasteiger partial charge in [0.1, 0.15) is 5.69 Å². The summed E-state index contributed by atoms with van der Waals surface area (Å²) in [4.78, 5) is 12.6. The quantitative estimate of drug-likeness (QED) is 0.611. The number of amides is 1. The predicted octanol–water partition coefficient (Wildman–Crippen LogP) is 5.65. The third kappa shape index (κ3) is 4.08. The number of carbonyl (C=O) groups is 1. The molecule has 0 aliphatic heterocycles. The molecule has 0 atom stereocenters. The molecule has 3 aromatic rings. The van der Waals surface area contributed by atoms with Crippen LogP contribution in [-0.2, 0) is 11.6 Å². The number of rotatable bonds is 3. The maximum absolute atomic E-state index is 13.4. The number of H-pyrrole nitrogens is 1. The highest BCUT2D eigenvalue weighted by Crippen LogP contribution is 2.39. The van der Waals surface area contributed by atoms with Gasteiger partial charge >= 0.3 is 6.18 Å². The van der Waals surface area contributed by atoms with Crippen LogP contribution in [0.2, 0.25) is 0 Å². The number of nitrogens with zero attached hydrogens (tertiary/aromatic N) is 1. The second kappa shape index (κ2) is 7.14. The van der Waals surface area contributed by atoms with Gasteiger partial charge < -0.3 is 5.32 Å². The Morgan fingerprint density at radius 2 is 1.57 bits per heavy atom.